The third-order valence-corrected chi connectivity index (χ3v) is 9.49. The number of hydrogen-bond donors (Lipinski definition) is 0. The molecule has 0 heteroatoms. The minimum atomic E-state index is 0. The van der Waals surface area contributed by atoms with Crippen LogP contribution in [0.4, 0.5) is 0 Å². The molecule has 0 aromatic rings. The summed E-state index contributed by atoms with van der Waals surface area (Å²) in [7, 11) is 0. The molecule has 4 bridgehead atoms. The van der Waals surface area contributed by atoms with E-state index in [1.807, 2.05) is 0 Å². The summed E-state index contributed by atoms with van der Waals surface area (Å²) in [5, 5.41) is 0. The van der Waals surface area contributed by atoms with Gasteiger partial charge in [0.2, 0.25) is 0 Å². The van der Waals surface area contributed by atoms with E-state index in [1.54, 1.807) is 19.3 Å². The van der Waals surface area contributed by atoms with E-state index < -0.39 is 0 Å². The lowest BCUT2D eigenvalue weighted by Crippen LogP contribution is -2.51. The zero-order valence-corrected chi connectivity index (χ0v) is 14.6. The van der Waals surface area contributed by atoms with Gasteiger partial charge in [-0.25, -0.2) is 0 Å². The summed E-state index contributed by atoms with van der Waals surface area (Å²) in [5.41, 5.74) is 2.56. The highest BCUT2D eigenvalue weighted by Gasteiger charge is 2.76. The van der Waals surface area contributed by atoms with Crippen molar-refractivity contribution in [3.05, 3.63) is 0 Å². The molecule has 0 heterocycles. The van der Waals surface area contributed by atoms with Crippen LogP contribution in [-0.2, 0) is 0 Å². The quantitative estimate of drug-likeness (QED) is 0.474. The Morgan fingerprint density at radius 2 is 1.36 bits per heavy atom. The second-order valence-corrected chi connectivity index (χ2v) is 10.4. The van der Waals surface area contributed by atoms with Gasteiger partial charge in [-0.1, -0.05) is 62.8 Å². The van der Waals surface area contributed by atoms with Crippen molar-refractivity contribution in [2.75, 3.05) is 0 Å². The molecule has 6 unspecified atom stereocenters. The van der Waals surface area contributed by atoms with Gasteiger partial charge in [0.15, 0.2) is 0 Å². The van der Waals surface area contributed by atoms with Crippen LogP contribution in [-0.4, -0.2) is 0 Å². The molecule has 130 valence electrons. The minimum Gasteiger partial charge on any atom is -0.0776 e. The third-order valence-electron chi connectivity index (χ3n) is 9.49. The van der Waals surface area contributed by atoms with Gasteiger partial charge >= 0.3 is 0 Å². The average Bonchev–Trinajstić information content (AvgIpc) is 2.98. The molecule has 0 spiro atoms. The van der Waals surface area contributed by atoms with Crippen molar-refractivity contribution >= 4 is 0 Å². The van der Waals surface area contributed by atoms with E-state index in [2.05, 4.69) is 41.5 Å². The monoisotopic (exact) mass is 306 g/mol. The second-order valence-electron chi connectivity index (χ2n) is 10.4. The van der Waals surface area contributed by atoms with Gasteiger partial charge in [0, 0.05) is 0 Å². The second kappa shape index (κ2) is 4.76. The van der Waals surface area contributed by atoms with E-state index in [-0.39, 0.29) is 14.9 Å². The molecule has 0 saturated heterocycles. The van der Waals surface area contributed by atoms with E-state index in [1.165, 1.54) is 19.3 Å². The molecule has 4 fully saturated rings. The van der Waals surface area contributed by atoms with Gasteiger partial charge in [0.25, 0.3) is 0 Å². The fourth-order valence-corrected chi connectivity index (χ4v) is 8.20. The fourth-order valence-electron chi connectivity index (χ4n) is 8.20. The van der Waals surface area contributed by atoms with Crippen molar-refractivity contribution < 1.29 is 0 Å². The Bertz CT molecular complexity index is 441. The summed E-state index contributed by atoms with van der Waals surface area (Å²) < 4.78 is 0. The Hall–Kier alpha value is 0. The highest BCUT2D eigenvalue weighted by atomic mass is 14.8. The van der Waals surface area contributed by atoms with Gasteiger partial charge in [0.05, 0.1) is 0 Å². The Balaban J connectivity index is 0.000000882. The summed E-state index contributed by atoms with van der Waals surface area (Å²) in [6.07, 6.45) is 9.13. The van der Waals surface area contributed by atoms with Crippen LogP contribution in [0.15, 0.2) is 0 Å². The van der Waals surface area contributed by atoms with E-state index in [9.17, 15) is 0 Å². The summed E-state index contributed by atoms with van der Waals surface area (Å²) in [6.45, 7) is 15.5. The summed E-state index contributed by atoms with van der Waals surface area (Å²) in [6, 6.07) is 0. The Kier molecular flexibility index (Phi) is 3.97. The highest BCUT2D eigenvalue weighted by Crippen LogP contribution is 2.83. The first-order valence-electron chi connectivity index (χ1n) is 9.20. The summed E-state index contributed by atoms with van der Waals surface area (Å²) in [5.74, 6) is 4.17. The number of fused-ring (bicyclic) bond motifs is 9. The summed E-state index contributed by atoms with van der Waals surface area (Å²) >= 11 is 0. The Morgan fingerprint density at radius 1 is 0.818 bits per heavy atom. The summed E-state index contributed by atoms with van der Waals surface area (Å²) in [4.78, 5) is 0. The van der Waals surface area contributed by atoms with Gasteiger partial charge in [-0.2, -0.15) is 0 Å². The molecule has 0 amide bonds. The van der Waals surface area contributed by atoms with Crippen LogP contribution in [0.25, 0.3) is 0 Å². The SMILES string of the molecule is C.C.CCCC12CCC(C)(C1)C1C2C2CC1C(C)(C)C2(C)C. The fraction of sp³-hybridized carbons (Fsp3) is 1.00. The molecule has 0 radical (unpaired) electrons. The normalized spacial score (nSPS) is 52.1. The predicted molar refractivity (Wildman–Crippen MR) is 98.9 cm³/mol. The predicted octanol–water partition coefficient (Wildman–Crippen LogP) is 7.18. The number of hydrogen-bond acceptors (Lipinski definition) is 0. The molecule has 6 atom stereocenters. The zero-order valence-electron chi connectivity index (χ0n) is 14.6. The van der Waals surface area contributed by atoms with Crippen LogP contribution >= 0.6 is 0 Å². The van der Waals surface area contributed by atoms with Crippen molar-refractivity contribution in [3.8, 4) is 0 Å². The van der Waals surface area contributed by atoms with Crippen LogP contribution in [0.5, 0.6) is 0 Å². The van der Waals surface area contributed by atoms with E-state index in [0.29, 0.717) is 16.2 Å². The molecular formula is C22H42. The maximum absolute atomic E-state index is 2.67. The lowest BCUT2D eigenvalue weighted by atomic mass is 9.48. The Morgan fingerprint density at radius 3 is 1.91 bits per heavy atom. The van der Waals surface area contributed by atoms with Crippen LogP contribution < -0.4 is 0 Å². The average molecular weight is 307 g/mol. The lowest BCUT2D eigenvalue weighted by molar-refractivity contribution is -0.0878. The third kappa shape index (κ3) is 1.66. The Labute approximate surface area is 140 Å². The molecule has 0 aromatic heterocycles. The minimum absolute atomic E-state index is 0. The zero-order chi connectivity index (χ0) is 14.6. The first-order valence-corrected chi connectivity index (χ1v) is 9.20. The molecule has 4 aliphatic carbocycles. The van der Waals surface area contributed by atoms with Gasteiger partial charge in [-0.15, -0.1) is 0 Å². The molecule has 4 rings (SSSR count). The smallest absolute Gasteiger partial charge is 0.0258 e. The standard InChI is InChI=1S/C20H34.2CH4/c1-7-8-20-10-9-19(6,12-20)15-13-11-14(16(15)20)18(4,5)17(13,2)3;;/h13-16H,7-12H2,1-6H3;2*1H4. The van der Waals surface area contributed by atoms with Crippen LogP contribution in [0.3, 0.4) is 0 Å². The lowest BCUT2D eigenvalue weighted by Gasteiger charge is -2.57. The molecule has 4 aliphatic rings. The van der Waals surface area contributed by atoms with Crippen molar-refractivity contribution in [1.29, 1.82) is 0 Å². The molecular weight excluding hydrogens is 264 g/mol. The van der Waals surface area contributed by atoms with Gasteiger partial charge in [-0.3, -0.25) is 0 Å². The largest absolute Gasteiger partial charge is 0.0776 e. The number of rotatable bonds is 2. The topological polar surface area (TPSA) is 0 Å². The van der Waals surface area contributed by atoms with Crippen molar-refractivity contribution in [1.82, 2.24) is 0 Å². The molecule has 0 nitrogen and oxygen atoms in total. The van der Waals surface area contributed by atoms with Crippen molar-refractivity contribution in [2.45, 2.75) is 94.9 Å². The van der Waals surface area contributed by atoms with Gasteiger partial charge in [-0.05, 0) is 77.4 Å². The van der Waals surface area contributed by atoms with Crippen LogP contribution in [0, 0.1) is 45.3 Å². The van der Waals surface area contributed by atoms with Gasteiger partial charge < -0.3 is 0 Å². The van der Waals surface area contributed by atoms with Crippen molar-refractivity contribution in [3.63, 3.8) is 0 Å². The van der Waals surface area contributed by atoms with Crippen molar-refractivity contribution in [2.24, 2.45) is 45.3 Å². The molecule has 0 N–H and O–H groups in total. The van der Waals surface area contributed by atoms with E-state index in [0.717, 1.165) is 29.1 Å². The molecule has 0 aromatic carbocycles. The van der Waals surface area contributed by atoms with Crippen LogP contribution in [0.1, 0.15) is 94.9 Å². The van der Waals surface area contributed by atoms with E-state index >= 15 is 0 Å². The maximum Gasteiger partial charge on any atom is -0.0258 e. The molecule has 0 aliphatic heterocycles. The maximum atomic E-state index is 2.67. The molecule has 22 heavy (non-hydrogen) atoms. The first-order chi connectivity index (χ1) is 9.20. The van der Waals surface area contributed by atoms with Crippen LogP contribution in [0.2, 0.25) is 0 Å². The molecule has 4 saturated carbocycles. The van der Waals surface area contributed by atoms with Gasteiger partial charge in [0.1, 0.15) is 0 Å². The first kappa shape index (κ1) is 18.3. The van der Waals surface area contributed by atoms with E-state index in [4.69, 9.17) is 0 Å². The highest BCUT2D eigenvalue weighted by molar-refractivity contribution is 5.25.